The number of nitrogens with zero attached hydrogens (tertiary/aromatic N) is 6. The number of carbonyl (C=O) groups is 6. The molecule has 0 spiro atoms. The zero-order chi connectivity index (χ0) is 98.1. The minimum Gasteiger partial charge on any atom is -0.463 e. The quantitative estimate of drug-likeness (QED) is 0.00554. The standard InChI is InChI=1S/C79H99N3O29.C12H17Cl3N4O6/c1-45-58(102-48(4)85)60(106-78-71(93-10)64(91-8)67(69(111-78)74(87)101-41-53-35-25-16-26-36-53)109-76-57(81-82-80)62(89-6)59(88-5)55(104-76)43-96-46(2)83)56(44-97-47(3)84)103-75(45)108-66-63(90-7)70(92-9)79(110-68(66)73(86)100-40-52-33-23-15-24-34-52)107-61-54(42-95-37-49-27-17-12-18-28-49)105-77(94-11)72(99-39-51-31-21-14-22-32-51)65(61)98-38-50-29-19-13-20-30-50;1-5(20)23-4-6-8(21-2)9(22-3)7(18-19-17)10(24-6)25-11(16)12(13,14)15/h12-36,45,54-72,75-79H,37-44H2,1-11H3;6-10,16H,4H2,1-3H3/t45?,54?,55?,56-,57?,58?,59+,60+,61+,62+,63?,64-,65+,66-,67-,68+,69?,70?,71?,72?,75+,76+,77-,78+,79+;/m0./s1. The Morgan fingerprint density at radius 2 is 0.669 bits per heavy atom. The van der Waals surface area contributed by atoms with E-state index in [0.29, 0.717) is 11.1 Å². The lowest BCUT2D eigenvalue weighted by Gasteiger charge is -2.51. The lowest BCUT2D eigenvalue weighted by Crippen LogP contribution is -2.68. The van der Waals surface area contributed by atoms with E-state index >= 15 is 4.79 Å². The number of carbonyl (C=O) groups excluding carboxylic acids is 6. The second kappa shape index (κ2) is 54.5. The Balaban J connectivity index is 0.000000662. The van der Waals surface area contributed by atoms with Crippen LogP contribution in [-0.4, -0.2) is 314 Å². The average Bonchev–Trinajstić information content (AvgIpc) is 0.754. The smallest absolute Gasteiger partial charge is 0.338 e. The first-order chi connectivity index (χ1) is 65.6. The van der Waals surface area contributed by atoms with Gasteiger partial charge in [-0.2, -0.15) is 0 Å². The van der Waals surface area contributed by atoms with E-state index in [1.807, 2.05) is 97.1 Å². The van der Waals surface area contributed by atoms with Gasteiger partial charge in [0, 0.05) is 107 Å². The van der Waals surface area contributed by atoms with Crippen LogP contribution in [0.2, 0.25) is 0 Å². The molecule has 5 aromatic rings. The number of esters is 6. The topological polar surface area (TPSA) is 491 Å². The van der Waals surface area contributed by atoms with Crippen LogP contribution in [0.25, 0.3) is 20.9 Å². The SMILES string of the molecule is COC1C(COC(C)=O)OC(OC(=N)C(Cl)(Cl)Cl)C(N=[N+]=[N-])C1OC.COC1C(OC)[C@H](O[C@H]2O[C@@H](COC(C)=O)[C@@H](O[C@@H]3OC(C(=O)OCc4ccccc4)[C@@H](O[C@H]4OC(COC(C)=O)[C@@H](OC)[C@H](OC)C4N=[N+]=[N-])[C@H](OC)C3OC)C(OC(C)=O)C2C)[C@H](C(=O)OCc2ccccc2)O[C@H]1O[C@@H]1C(COCc2ccccc2)O[C@H](OC)C(OCc2ccccc2)[C@@H]1OCc1ccccc1. The molecule has 6 aliphatic heterocycles. The summed E-state index contributed by atoms with van der Waals surface area (Å²) in [7, 11) is 12.3. The highest BCUT2D eigenvalue weighted by Gasteiger charge is 2.62. The highest BCUT2D eigenvalue weighted by atomic mass is 35.6. The van der Waals surface area contributed by atoms with Gasteiger partial charge in [0.25, 0.3) is 3.79 Å². The first-order valence-corrected chi connectivity index (χ1v) is 44.3. The molecule has 5 aromatic carbocycles. The lowest BCUT2D eigenvalue weighted by molar-refractivity contribution is -0.388. The van der Waals surface area contributed by atoms with Gasteiger partial charge in [-0.3, -0.25) is 24.6 Å². The van der Waals surface area contributed by atoms with Crippen LogP contribution in [0.4, 0.5) is 0 Å². The summed E-state index contributed by atoms with van der Waals surface area (Å²) in [6.45, 7) is 4.94. The highest BCUT2D eigenvalue weighted by molar-refractivity contribution is 6.76. The second-order valence-corrected chi connectivity index (χ2v) is 33.9. The molecule has 11 rings (SSSR count). The number of benzene rings is 5. The van der Waals surface area contributed by atoms with Crippen molar-refractivity contribution in [3.8, 4) is 0 Å². The van der Waals surface area contributed by atoms with E-state index in [0.717, 1.165) is 30.5 Å². The number of hydrogen-bond acceptors (Lipinski definition) is 38. The third-order valence-corrected chi connectivity index (χ3v) is 23.2. The molecule has 0 radical (unpaired) electrons. The molecule has 6 saturated heterocycles. The Morgan fingerprint density at radius 1 is 0.338 bits per heavy atom. The first kappa shape index (κ1) is 109. The Hall–Kier alpha value is -9.00. The molecular weight excluding hydrogens is 1860 g/mol. The van der Waals surface area contributed by atoms with Gasteiger partial charge in [-0.1, -0.05) is 204 Å². The molecule has 746 valence electrons. The Kier molecular flexibility index (Phi) is 43.7. The van der Waals surface area contributed by atoms with Crippen molar-refractivity contribution < 1.29 is 166 Å². The molecule has 30 atom stereocenters. The van der Waals surface area contributed by atoms with Crippen molar-refractivity contribution in [3.63, 3.8) is 0 Å². The van der Waals surface area contributed by atoms with Gasteiger partial charge >= 0.3 is 35.8 Å². The first-order valence-electron chi connectivity index (χ1n) is 43.2. The third kappa shape index (κ3) is 29.8. The summed E-state index contributed by atoms with van der Waals surface area (Å²) in [4.78, 5) is 86.0. The molecule has 0 saturated carbocycles. The van der Waals surface area contributed by atoms with E-state index in [4.69, 9.17) is 183 Å². The molecule has 15 unspecified atom stereocenters. The number of azide groups is 2. The number of methoxy groups -OCH3 is 9. The predicted molar refractivity (Wildman–Crippen MR) is 473 cm³/mol. The summed E-state index contributed by atoms with van der Waals surface area (Å²) in [5.41, 5.74) is 22.5. The fourth-order valence-corrected chi connectivity index (χ4v) is 16.4. The highest BCUT2D eigenvalue weighted by Crippen LogP contribution is 2.43. The van der Waals surface area contributed by atoms with Crippen molar-refractivity contribution >= 4 is 76.5 Å². The van der Waals surface area contributed by atoms with Crippen LogP contribution in [0.3, 0.4) is 0 Å². The van der Waals surface area contributed by atoms with Gasteiger partial charge in [0.2, 0.25) is 12.2 Å². The van der Waals surface area contributed by atoms with Crippen LogP contribution in [-0.2, 0) is 199 Å². The van der Waals surface area contributed by atoms with E-state index in [9.17, 15) is 29.5 Å². The van der Waals surface area contributed by atoms with Crippen molar-refractivity contribution in [2.75, 3.05) is 90.4 Å². The second-order valence-electron chi connectivity index (χ2n) is 31.6. The van der Waals surface area contributed by atoms with Gasteiger partial charge in [-0.05, 0) is 38.9 Å². The van der Waals surface area contributed by atoms with Gasteiger partial charge in [0.15, 0.2) is 43.7 Å². The van der Waals surface area contributed by atoms with Crippen LogP contribution < -0.4 is 0 Å². The van der Waals surface area contributed by atoms with E-state index in [1.54, 1.807) is 61.5 Å². The number of rotatable bonds is 43. The van der Waals surface area contributed by atoms with E-state index in [1.165, 1.54) is 77.8 Å². The van der Waals surface area contributed by atoms with Crippen molar-refractivity contribution in [2.45, 2.75) is 249 Å². The van der Waals surface area contributed by atoms with Gasteiger partial charge in [0.05, 0.1) is 32.5 Å². The van der Waals surface area contributed by atoms with E-state index in [-0.39, 0.29) is 52.9 Å². The number of nitrogens with one attached hydrogen (secondary N) is 1. The molecule has 136 heavy (non-hydrogen) atoms. The van der Waals surface area contributed by atoms with E-state index in [2.05, 4.69) is 20.1 Å². The lowest BCUT2D eigenvalue weighted by atomic mass is 9.90. The van der Waals surface area contributed by atoms with Crippen molar-refractivity contribution in [2.24, 2.45) is 16.1 Å². The number of halogens is 3. The molecule has 45 heteroatoms. The Bertz CT molecular complexity index is 4630. The van der Waals surface area contributed by atoms with Crippen LogP contribution >= 0.6 is 34.8 Å². The normalized spacial score (nSPS) is 31.6. The molecule has 6 aliphatic rings. The van der Waals surface area contributed by atoms with Gasteiger partial charge < -0.3 is 137 Å². The van der Waals surface area contributed by atoms with E-state index < -0.39 is 236 Å². The molecule has 1 N–H and O–H groups in total. The number of ether oxygens (including phenoxy) is 29. The van der Waals surface area contributed by atoms with Crippen LogP contribution in [0.15, 0.2) is 162 Å². The fraction of sp³-hybridized carbons (Fsp3) is 0.593. The Labute approximate surface area is 800 Å². The molecule has 42 nitrogen and oxygen atoms in total. The molecule has 0 amide bonds. The van der Waals surface area contributed by atoms with Crippen molar-refractivity contribution in [1.29, 1.82) is 5.41 Å². The Morgan fingerprint density at radius 3 is 1.04 bits per heavy atom. The molecule has 6 heterocycles. The average molecular weight is 1970 g/mol. The predicted octanol–water partition coefficient (Wildman–Crippen LogP) is 9.48. The summed E-state index contributed by atoms with van der Waals surface area (Å²) in [5.74, 6) is -6.63. The maximum absolute atomic E-state index is 15.3. The summed E-state index contributed by atoms with van der Waals surface area (Å²) in [5, 5.41) is 15.2. The van der Waals surface area contributed by atoms with Gasteiger partial charge in [-0.25, -0.2) is 9.59 Å². The minimum atomic E-state index is -2.14. The summed E-state index contributed by atoms with van der Waals surface area (Å²) >= 11 is 16.8. The fourth-order valence-electron chi connectivity index (χ4n) is 16.3. The van der Waals surface area contributed by atoms with Crippen LogP contribution in [0.5, 0.6) is 0 Å². The van der Waals surface area contributed by atoms with Gasteiger partial charge in [0.1, 0.15) is 155 Å². The van der Waals surface area contributed by atoms with Gasteiger partial charge in [-0.15, -0.1) is 0 Å². The van der Waals surface area contributed by atoms with Crippen LogP contribution in [0, 0.1) is 11.3 Å². The molecule has 0 aromatic heterocycles. The summed E-state index contributed by atoms with van der Waals surface area (Å²) in [6.07, 6.45) is -35.5. The zero-order valence-corrected chi connectivity index (χ0v) is 79.5. The maximum atomic E-state index is 15.3. The summed E-state index contributed by atoms with van der Waals surface area (Å²) in [6, 6.07) is 43.8. The monoisotopic (exact) mass is 1970 g/mol. The number of alkyl halides is 3. The zero-order valence-electron chi connectivity index (χ0n) is 77.2. The van der Waals surface area contributed by atoms with Crippen molar-refractivity contribution in [1.82, 2.24) is 0 Å². The summed E-state index contributed by atoms with van der Waals surface area (Å²) < 4.78 is 178. The molecule has 0 bridgehead atoms. The largest absolute Gasteiger partial charge is 0.463 e. The molecular formula is C91H116Cl3N7O35. The molecule has 6 fully saturated rings. The third-order valence-electron chi connectivity index (χ3n) is 22.7. The maximum Gasteiger partial charge on any atom is 0.338 e. The molecule has 0 aliphatic carbocycles. The van der Waals surface area contributed by atoms with Crippen LogP contribution in [0.1, 0.15) is 62.4 Å². The van der Waals surface area contributed by atoms with Crippen molar-refractivity contribution in [3.05, 3.63) is 200 Å². The minimum absolute atomic E-state index is 0.0634. The number of hydrogen-bond donors (Lipinski definition) is 1.